The van der Waals surface area contributed by atoms with Crippen LogP contribution in [0.1, 0.15) is 42.7 Å². The summed E-state index contributed by atoms with van der Waals surface area (Å²) in [7, 11) is 0. The van der Waals surface area contributed by atoms with Gasteiger partial charge in [-0.15, -0.1) is 0 Å². The minimum atomic E-state index is -0.203. The molecule has 0 aromatic heterocycles. The Kier molecular flexibility index (Phi) is 4.41. The Morgan fingerprint density at radius 3 is 2.54 bits per heavy atom. The van der Waals surface area contributed by atoms with Crippen molar-refractivity contribution in [2.75, 3.05) is 4.90 Å². The highest BCUT2D eigenvalue weighted by atomic mass is 35.5. The van der Waals surface area contributed by atoms with E-state index in [1.54, 1.807) is 4.90 Å². The first kappa shape index (κ1) is 17.0. The van der Waals surface area contributed by atoms with E-state index in [9.17, 15) is 9.59 Å². The highest BCUT2D eigenvalue weighted by Crippen LogP contribution is 2.43. The first-order valence-electron chi connectivity index (χ1n) is 8.96. The van der Waals surface area contributed by atoms with Crippen LogP contribution in [0.3, 0.4) is 0 Å². The lowest BCUT2D eigenvalue weighted by Gasteiger charge is -2.38. The van der Waals surface area contributed by atoms with Gasteiger partial charge in [0.2, 0.25) is 5.91 Å². The maximum atomic E-state index is 13.1. The molecule has 3 nitrogen and oxygen atoms in total. The van der Waals surface area contributed by atoms with Gasteiger partial charge in [-0.2, -0.15) is 0 Å². The summed E-state index contributed by atoms with van der Waals surface area (Å²) in [5.74, 6) is -0.0150. The molecule has 2 aromatic rings. The number of ketones is 1. The average molecular weight is 366 g/mol. The van der Waals surface area contributed by atoms with Gasteiger partial charge < -0.3 is 0 Å². The zero-order valence-corrected chi connectivity index (χ0v) is 15.4. The van der Waals surface area contributed by atoms with Crippen LogP contribution < -0.4 is 4.90 Å². The molecule has 2 aromatic carbocycles. The van der Waals surface area contributed by atoms with Crippen molar-refractivity contribution in [3.8, 4) is 0 Å². The van der Waals surface area contributed by atoms with Gasteiger partial charge in [0.25, 0.3) is 0 Å². The summed E-state index contributed by atoms with van der Waals surface area (Å²) >= 11 is 6.16. The Bertz CT molecular complexity index is 914. The third-order valence-corrected chi connectivity index (χ3v) is 5.45. The fourth-order valence-corrected chi connectivity index (χ4v) is 4.19. The average Bonchev–Trinajstić information content (AvgIpc) is 2.62. The standard InChI is InChI=1S/C22H20ClNO2/c1-14-8-10-17(11-9-14)24-19-6-3-7-20(25)22(19)18(13-21(24)26)15-4-2-5-16(23)12-15/h2,4-5,8-12,18H,3,6-7,13H2,1H3. The van der Waals surface area contributed by atoms with E-state index in [0.717, 1.165) is 40.9 Å². The Balaban J connectivity index is 1.85. The number of carbonyl (C=O) groups excluding carboxylic acids is 2. The van der Waals surface area contributed by atoms with Crippen LogP contribution in [-0.2, 0) is 9.59 Å². The predicted octanol–water partition coefficient (Wildman–Crippen LogP) is 5.18. The number of hydrogen-bond donors (Lipinski definition) is 0. The molecule has 4 heteroatoms. The topological polar surface area (TPSA) is 37.4 Å². The van der Waals surface area contributed by atoms with Gasteiger partial charge >= 0.3 is 0 Å². The monoisotopic (exact) mass is 365 g/mol. The van der Waals surface area contributed by atoms with Crippen molar-refractivity contribution in [3.05, 3.63) is 76.0 Å². The van der Waals surface area contributed by atoms with E-state index in [4.69, 9.17) is 11.6 Å². The maximum absolute atomic E-state index is 13.1. The van der Waals surface area contributed by atoms with Gasteiger partial charge in [-0.25, -0.2) is 0 Å². The Morgan fingerprint density at radius 2 is 1.81 bits per heavy atom. The molecule has 0 bridgehead atoms. The quantitative estimate of drug-likeness (QED) is 0.735. The summed E-state index contributed by atoms with van der Waals surface area (Å²) in [6, 6.07) is 15.4. The minimum absolute atomic E-state index is 0.0345. The van der Waals surface area contributed by atoms with E-state index in [2.05, 4.69) is 0 Å². The van der Waals surface area contributed by atoms with Crippen molar-refractivity contribution >= 4 is 29.0 Å². The van der Waals surface area contributed by atoms with Crippen molar-refractivity contribution in [1.29, 1.82) is 0 Å². The molecule has 1 aliphatic carbocycles. The van der Waals surface area contributed by atoms with E-state index in [1.165, 1.54) is 0 Å². The number of amides is 1. The Morgan fingerprint density at radius 1 is 1.04 bits per heavy atom. The van der Waals surface area contributed by atoms with Crippen LogP contribution in [0, 0.1) is 6.92 Å². The van der Waals surface area contributed by atoms with Crippen molar-refractivity contribution in [2.24, 2.45) is 0 Å². The smallest absolute Gasteiger partial charge is 0.232 e. The van der Waals surface area contributed by atoms with E-state index >= 15 is 0 Å². The third-order valence-electron chi connectivity index (χ3n) is 5.22. The van der Waals surface area contributed by atoms with Crippen LogP contribution >= 0.6 is 11.6 Å². The Hall–Kier alpha value is -2.39. The van der Waals surface area contributed by atoms with Gasteiger partial charge in [-0.1, -0.05) is 41.4 Å². The molecule has 0 saturated heterocycles. The second-order valence-corrected chi connectivity index (χ2v) is 7.45. The molecule has 132 valence electrons. The molecule has 1 atom stereocenters. The molecule has 4 rings (SSSR count). The van der Waals surface area contributed by atoms with Crippen molar-refractivity contribution in [2.45, 2.75) is 38.5 Å². The molecule has 0 radical (unpaired) electrons. The maximum Gasteiger partial charge on any atom is 0.232 e. The number of anilines is 1. The number of nitrogens with zero attached hydrogens (tertiary/aromatic N) is 1. The molecule has 1 heterocycles. The number of rotatable bonds is 2. The zero-order chi connectivity index (χ0) is 18.3. The van der Waals surface area contributed by atoms with E-state index in [0.29, 0.717) is 17.9 Å². The van der Waals surface area contributed by atoms with Crippen molar-refractivity contribution in [1.82, 2.24) is 0 Å². The fraction of sp³-hybridized carbons (Fsp3) is 0.273. The van der Waals surface area contributed by atoms with Gasteiger partial charge in [0.15, 0.2) is 5.78 Å². The molecule has 1 amide bonds. The number of benzene rings is 2. The summed E-state index contributed by atoms with van der Waals surface area (Å²) < 4.78 is 0. The molecular formula is C22H20ClNO2. The number of halogens is 1. The number of allylic oxidation sites excluding steroid dienone is 2. The molecule has 26 heavy (non-hydrogen) atoms. The van der Waals surface area contributed by atoms with E-state index in [1.807, 2.05) is 55.5 Å². The van der Waals surface area contributed by atoms with E-state index in [-0.39, 0.29) is 17.6 Å². The number of aryl methyl sites for hydroxylation is 1. The number of carbonyl (C=O) groups is 2. The summed E-state index contributed by atoms with van der Waals surface area (Å²) in [6.07, 6.45) is 2.37. The first-order valence-corrected chi connectivity index (χ1v) is 9.34. The van der Waals surface area contributed by atoms with Crippen LogP contribution in [0.25, 0.3) is 0 Å². The zero-order valence-electron chi connectivity index (χ0n) is 14.7. The summed E-state index contributed by atoms with van der Waals surface area (Å²) in [5.41, 5.74) is 4.58. The largest absolute Gasteiger partial charge is 0.294 e. The van der Waals surface area contributed by atoms with E-state index < -0.39 is 0 Å². The van der Waals surface area contributed by atoms with Gasteiger partial charge in [0, 0.05) is 40.7 Å². The van der Waals surface area contributed by atoms with Gasteiger partial charge in [0.05, 0.1) is 0 Å². The number of hydrogen-bond acceptors (Lipinski definition) is 2. The number of Topliss-reactive ketones (excluding diaryl/α,β-unsaturated/α-hetero) is 1. The van der Waals surface area contributed by atoms with Gasteiger partial charge in [-0.3, -0.25) is 14.5 Å². The summed E-state index contributed by atoms with van der Waals surface area (Å²) in [4.78, 5) is 27.6. The van der Waals surface area contributed by atoms with Gasteiger partial charge in [-0.05, 0) is 49.6 Å². The molecule has 0 fully saturated rings. The lowest BCUT2D eigenvalue weighted by Crippen LogP contribution is -2.40. The summed E-state index contributed by atoms with van der Waals surface area (Å²) in [6.45, 7) is 2.02. The molecule has 0 spiro atoms. The fourth-order valence-electron chi connectivity index (χ4n) is 3.99. The van der Waals surface area contributed by atoms with Crippen molar-refractivity contribution < 1.29 is 9.59 Å². The van der Waals surface area contributed by atoms with Crippen LogP contribution in [0.15, 0.2) is 59.8 Å². The molecular weight excluding hydrogens is 346 g/mol. The van der Waals surface area contributed by atoms with Crippen LogP contribution in [0.2, 0.25) is 5.02 Å². The lowest BCUT2D eigenvalue weighted by molar-refractivity contribution is -0.119. The Labute approximate surface area is 158 Å². The second-order valence-electron chi connectivity index (χ2n) is 7.01. The second kappa shape index (κ2) is 6.73. The van der Waals surface area contributed by atoms with Crippen LogP contribution in [0.5, 0.6) is 0 Å². The van der Waals surface area contributed by atoms with Crippen molar-refractivity contribution in [3.63, 3.8) is 0 Å². The normalized spacial score (nSPS) is 20.4. The molecule has 1 aliphatic heterocycles. The molecule has 0 saturated carbocycles. The first-order chi connectivity index (χ1) is 12.5. The molecule has 1 unspecified atom stereocenters. The SMILES string of the molecule is Cc1ccc(N2C(=O)CC(c3cccc(Cl)c3)C3=C2CCCC3=O)cc1. The molecule has 0 N–H and O–H groups in total. The predicted molar refractivity (Wildman–Crippen MR) is 103 cm³/mol. The van der Waals surface area contributed by atoms with Crippen LogP contribution in [0.4, 0.5) is 5.69 Å². The van der Waals surface area contributed by atoms with Crippen LogP contribution in [-0.4, -0.2) is 11.7 Å². The lowest BCUT2D eigenvalue weighted by atomic mass is 9.77. The molecule has 2 aliphatic rings. The highest BCUT2D eigenvalue weighted by Gasteiger charge is 2.39. The highest BCUT2D eigenvalue weighted by molar-refractivity contribution is 6.30. The third kappa shape index (κ3) is 2.97. The minimum Gasteiger partial charge on any atom is -0.294 e. The van der Waals surface area contributed by atoms with Gasteiger partial charge in [0.1, 0.15) is 0 Å². The summed E-state index contributed by atoms with van der Waals surface area (Å²) in [5, 5.41) is 0.626.